The van der Waals surface area contributed by atoms with E-state index in [-0.39, 0.29) is 17.7 Å². The number of ketones is 1. The molecule has 0 aliphatic carbocycles. The first-order valence-corrected chi connectivity index (χ1v) is 11.2. The number of pyridine rings is 1. The summed E-state index contributed by atoms with van der Waals surface area (Å²) in [4.78, 5) is 25.3. The minimum atomic E-state index is -0.143. The van der Waals surface area contributed by atoms with Crippen molar-refractivity contribution in [1.29, 1.82) is 0 Å². The maximum Gasteiger partial charge on any atom is 0.263 e. The fourth-order valence-corrected chi connectivity index (χ4v) is 3.93. The zero-order valence-corrected chi connectivity index (χ0v) is 18.6. The van der Waals surface area contributed by atoms with Crippen molar-refractivity contribution in [2.45, 2.75) is 58.5 Å². The molecule has 0 aliphatic heterocycles. The number of benzene rings is 1. The normalized spacial score (nSPS) is 12.3. The molecule has 0 spiro atoms. The van der Waals surface area contributed by atoms with E-state index in [2.05, 4.69) is 45.9 Å². The number of aromatic nitrogens is 4. The van der Waals surface area contributed by atoms with Crippen molar-refractivity contribution in [2.24, 2.45) is 5.73 Å². The smallest absolute Gasteiger partial charge is 0.263 e. The van der Waals surface area contributed by atoms with Gasteiger partial charge < -0.3 is 14.7 Å². The van der Waals surface area contributed by atoms with Crippen molar-refractivity contribution >= 4 is 16.7 Å². The molecule has 0 saturated carbocycles. The lowest BCUT2D eigenvalue weighted by Crippen LogP contribution is -2.16. The predicted octanol–water partition coefficient (Wildman–Crippen LogP) is 5.25. The van der Waals surface area contributed by atoms with Gasteiger partial charge in [0.15, 0.2) is 0 Å². The molecule has 166 valence electrons. The molecular formula is C25H29N5O2. The van der Waals surface area contributed by atoms with Gasteiger partial charge in [0.1, 0.15) is 12.1 Å². The molecule has 0 aliphatic rings. The first-order valence-electron chi connectivity index (χ1n) is 11.2. The summed E-state index contributed by atoms with van der Waals surface area (Å²) in [5, 5.41) is 1.10. The Labute approximate surface area is 187 Å². The Morgan fingerprint density at radius 1 is 1.16 bits per heavy atom. The maximum atomic E-state index is 11.9. The topological polar surface area (TPSA) is 99.8 Å². The lowest BCUT2D eigenvalue weighted by molar-refractivity contribution is 0.0945. The number of nitrogens with zero attached hydrogens (tertiary/aromatic N) is 4. The number of carbonyl (C=O) groups is 1. The zero-order valence-electron chi connectivity index (χ0n) is 18.6. The van der Waals surface area contributed by atoms with Gasteiger partial charge in [0.05, 0.1) is 23.4 Å². The van der Waals surface area contributed by atoms with E-state index in [1.165, 1.54) is 12.5 Å². The highest BCUT2D eigenvalue weighted by Gasteiger charge is 2.16. The average molecular weight is 432 g/mol. The van der Waals surface area contributed by atoms with Gasteiger partial charge in [0, 0.05) is 35.8 Å². The van der Waals surface area contributed by atoms with Crippen molar-refractivity contribution in [3.8, 4) is 11.3 Å². The van der Waals surface area contributed by atoms with E-state index in [1.807, 2.05) is 19.1 Å². The van der Waals surface area contributed by atoms with E-state index in [0.29, 0.717) is 6.42 Å². The molecule has 0 amide bonds. The van der Waals surface area contributed by atoms with Crippen molar-refractivity contribution in [2.75, 3.05) is 0 Å². The number of oxazole rings is 1. The third kappa shape index (κ3) is 4.94. The zero-order chi connectivity index (χ0) is 22.5. The van der Waals surface area contributed by atoms with Gasteiger partial charge in [-0.05, 0) is 44.9 Å². The largest absolute Gasteiger partial charge is 0.442 e. The molecule has 1 unspecified atom stereocenters. The monoisotopic (exact) mass is 431 g/mol. The highest BCUT2D eigenvalue weighted by molar-refractivity contribution is 5.91. The van der Waals surface area contributed by atoms with Crippen LogP contribution in [0, 0.1) is 6.92 Å². The molecule has 7 nitrogen and oxygen atoms in total. The molecule has 4 rings (SSSR count). The summed E-state index contributed by atoms with van der Waals surface area (Å²) in [6, 6.07) is 10.2. The van der Waals surface area contributed by atoms with E-state index >= 15 is 0 Å². The second-order valence-electron chi connectivity index (χ2n) is 8.10. The van der Waals surface area contributed by atoms with Crippen molar-refractivity contribution in [3.63, 3.8) is 0 Å². The number of rotatable bonds is 10. The molecule has 7 heteroatoms. The first kappa shape index (κ1) is 21.9. The van der Waals surface area contributed by atoms with Gasteiger partial charge >= 0.3 is 0 Å². The van der Waals surface area contributed by atoms with Crippen LogP contribution in [0.5, 0.6) is 0 Å². The minimum absolute atomic E-state index is 0.0498. The Bertz CT molecular complexity index is 1200. The summed E-state index contributed by atoms with van der Waals surface area (Å²) < 4.78 is 7.18. The SMILES string of the molecule is CCn1cc(-c2ccc3nc(C)ccc3c2)nc1C(N)CCCCCC(=O)c1ncco1. The van der Waals surface area contributed by atoms with E-state index in [9.17, 15) is 4.79 Å². The Balaban J connectivity index is 1.37. The molecule has 1 aromatic carbocycles. The molecule has 3 aromatic heterocycles. The Morgan fingerprint density at radius 2 is 2.03 bits per heavy atom. The second-order valence-corrected chi connectivity index (χ2v) is 8.10. The van der Waals surface area contributed by atoms with Crippen molar-refractivity contribution in [3.05, 3.63) is 66.4 Å². The summed E-state index contributed by atoms with van der Waals surface area (Å²) in [7, 11) is 0. The van der Waals surface area contributed by atoms with Crippen LogP contribution in [0.15, 0.2) is 53.4 Å². The molecule has 0 saturated heterocycles. The van der Waals surface area contributed by atoms with E-state index in [1.54, 1.807) is 0 Å². The highest BCUT2D eigenvalue weighted by atomic mass is 16.3. The van der Waals surface area contributed by atoms with E-state index in [0.717, 1.165) is 65.9 Å². The molecule has 2 N–H and O–H groups in total. The lowest BCUT2D eigenvalue weighted by atomic mass is 10.1. The molecule has 0 radical (unpaired) electrons. The first-order chi connectivity index (χ1) is 15.5. The highest BCUT2D eigenvalue weighted by Crippen LogP contribution is 2.26. The fourth-order valence-electron chi connectivity index (χ4n) is 3.93. The van der Waals surface area contributed by atoms with Crippen LogP contribution in [0.4, 0.5) is 0 Å². The molecular weight excluding hydrogens is 402 g/mol. The van der Waals surface area contributed by atoms with Gasteiger partial charge in [0.25, 0.3) is 5.89 Å². The second kappa shape index (κ2) is 9.87. The van der Waals surface area contributed by atoms with Gasteiger partial charge in [-0.1, -0.05) is 25.0 Å². The van der Waals surface area contributed by atoms with Crippen LogP contribution in [-0.4, -0.2) is 25.3 Å². The Morgan fingerprint density at radius 3 is 2.81 bits per heavy atom. The Hall–Kier alpha value is -3.32. The van der Waals surface area contributed by atoms with Crippen LogP contribution in [0.3, 0.4) is 0 Å². The van der Waals surface area contributed by atoms with Crippen molar-refractivity contribution in [1.82, 2.24) is 19.5 Å². The van der Waals surface area contributed by atoms with Gasteiger partial charge in [0.2, 0.25) is 5.78 Å². The van der Waals surface area contributed by atoms with Crippen LogP contribution >= 0.6 is 0 Å². The number of carbonyl (C=O) groups excluding carboxylic acids is 1. The fraction of sp³-hybridized carbons (Fsp3) is 0.360. The number of unbranched alkanes of at least 4 members (excludes halogenated alkanes) is 2. The standard InChI is InChI=1S/C25H29N5O2/c1-3-30-16-22(19-11-12-21-18(15-19)10-9-17(2)28-21)29-24(30)20(26)7-5-4-6-8-23(31)25-27-13-14-32-25/h9-16,20H,3-8,26H2,1-2H3. The third-order valence-electron chi connectivity index (χ3n) is 5.69. The van der Waals surface area contributed by atoms with Gasteiger partial charge in [-0.25, -0.2) is 9.97 Å². The summed E-state index contributed by atoms with van der Waals surface area (Å²) >= 11 is 0. The molecule has 0 fully saturated rings. The quantitative estimate of drug-likeness (QED) is 0.272. The number of aryl methyl sites for hydroxylation is 2. The number of nitrogens with two attached hydrogens (primary N) is 1. The number of hydrogen-bond acceptors (Lipinski definition) is 6. The van der Waals surface area contributed by atoms with Gasteiger partial charge in [-0.15, -0.1) is 0 Å². The Kier molecular flexibility index (Phi) is 6.75. The van der Waals surface area contributed by atoms with Crippen LogP contribution in [0.1, 0.15) is 67.3 Å². The summed E-state index contributed by atoms with van der Waals surface area (Å²) in [5.74, 6) is 1.05. The van der Waals surface area contributed by atoms with E-state index < -0.39 is 0 Å². The summed E-state index contributed by atoms with van der Waals surface area (Å²) in [5.41, 5.74) is 10.5. The summed E-state index contributed by atoms with van der Waals surface area (Å²) in [6.07, 6.45) is 8.92. The van der Waals surface area contributed by atoms with Crippen molar-refractivity contribution < 1.29 is 9.21 Å². The van der Waals surface area contributed by atoms with Gasteiger partial charge in [-0.2, -0.15) is 0 Å². The lowest BCUT2D eigenvalue weighted by Gasteiger charge is -2.12. The van der Waals surface area contributed by atoms with Crippen LogP contribution in [-0.2, 0) is 6.54 Å². The molecule has 32 heavy (non-hydrogen) atoms. The number of hydrogen-bond donors (Lipinski definition) is 1. The number of fused-ring (bicyclic) bond motifs is 1. The molecule has 1 atom stereocenters. The predicted molar refractivity (Wildman–Crippen MR) is 124 cm³/mol. The van der Waals surface area contributed by atoms with Crippen LogP contribution in [0.2, 0.25) is 0 Å². The number of Topliss-reactive ketones (excluding diaryl/α,β-unsaturated/α-hetero) is 1. The van der Waals surface area contributed by atoms with E-state index in [4.69, 9.17) is 15.1 Å². The number of imidazole rings is 1. The molecule has 0 bridgehead atoms. The minimum Gasteiger partial charge on any atom is -0.442 e. The van der Waals surface area contributed by atoms with Crippen LogP contribution in [0.25, 0.3) is 22.2 Å². The summed E-state index contributed by atoms with van der Waals surface area (Å²) in [6.45, 7) is 4.91. The molecule has 3 heterocycles. The van der Waals surface area contributed by atoms with Crippen LogP contribution < -0.4 is 5.73 Å². The van der Waals surface area contributed by atoms with Gasteiger partial charge in [-0.3, -0.25) is 9.78 Å². The maximum absolute atomic E-state index is 11.9. The third-order valence-corrected chi connectivity index (χ3v) is 5.69. The average Bonchev–Trinajstić information content (AvgIpc) is 3.48. The molecule has 4 aromatic rings.